The van der Waals surface area contributed by atoms with Crippen LogP contribution >= 0.6 is 0 Å². The van der Waals surface area contributed by atoms with Crippen LogP contribution in [0.15, 0.2) is 72.2 Å². The van der Waals surface area contributed by atoms with Gasteiger partial charge in [0, 0.05) is 36.5 Å². The first-order valence-corrected chi connectivity index (χ1v) is 11.4. The summed E-state index contributed by atoms with van der Waals surface area (Å²) < 4.78 is 8.05. The number of carbonyl (C=O) groups excluding carboxylic acids is 1. The van der Waals surface area contributed by atoms with Crippen LogP contribution in [0.25, 0.3) is 11.0 Å². The van der Waals surface area contributed by atoms with E-state index in [0.29, 0.717) is 30.8 Å². The number of imidazole rings is 1. The van der Waals surface area contributed by atoms with Crippen molar-refractivity contribution in [3.8, 4) is 5.75 Å². The molecule has 0 saturated carbocycles. The first-order chi connectivity index (χ1) is 16.2. The number of hydrogen-bond acceptors (Lipinski definition) is 5. The number of para-hydroxylation sites is 1. The molecule has 0 atom stereocenters. The SMILES string of the molecule is CCCOc1ccccc1C1=Nc2cc3ncn(Cc4ccncc4)c3cc2C(=O)CCC1. The number of Topliss-reactive ketones (excluding diaryl/α,β-unsaturated/α-hetero) is 1. The Morgan fingerprint density at radius 1 is 1.03 bits per heavy atom. The zero-order valence-corrected chi connectivity index (χ0v) is 18.7. The molecule has 5 rings (SSSR count). The lowest BCUT2D eigenvalue weighted by atomic mass is 9.96. The van der Waals surface area contributed by atoms with E-state index in [1.165, 1.54) is 0 Å². The van der Waals surface area contributed by atoms with Crippen LogP contribution in [0.4, 0.5) is 5.69 Å². The second kappa shape index (κ2) is 9.36. The van der Waals surface area contributed by atoms with E-state index in [1.807, 2.05) is 48.8 Å². The normalized spacial score (nSPS) is 13.8. The number of rotatable bonds is 6. The number of ketones is 1. The van der Waals surface area contributed by atoms with E-state index in [4.69, 9.17) is 9.73 Å². The summed E-state index contributed by atoms with van der Waals surface area (Å²) in [5, 5.41) is 0. The summed E-state index contributed by atoms with van der Waals surface area (Å²) in [6, 6.07) is 15.9. The van der Waals surface area contributed by atoms with E-state index >= 15 is 0 Å². The van der Waals surface area contributed by atoms with Gasteiger partial charge in [0.1, 0.15) is 5.75 Å². The van der Waals surface area contributed by atoms with E-state index in [9.17, 15) is 4.79 Å². The average Bonchev–Trinajstić information content (AvgIpc) is 3.22. The number of carbonyl (C=O) groups is 1. The Balaban J connectivity index is 1.58. The number of pyridine rings is 1. The first kappa shape index (κ1) is 21.1. The van der Waals surface area contributed by atoms with Gasteiger partial charge in [-0.1, -0.05) is 19.1 Å². The quantitative estimate of drug-likeness (QED) is 0.384. The molecular formula is C27H26N4O2. The van der Waals surface area contributed by atoms with Crippen LogP contribution in [0, 0.1) is 0 Å². The summed E-state index contributed by atoms with van der Waals surface area (Å²) >= 11 is 0. The molecule has 2 aromatic heterocycles. The van der Waals surface area contributed by atoms with Crippen molar-refractivity contribution in [3.63, 3.8) is 0 Å². The molecule has 1 aliphatic rings. The number of aliphatic imine (C=N–C) groups is 1. The van der Waals surface area contributed by atoms with E-state index in [-0.39, 0.29) is 5.78 Å². The summed E-state index contributed by atoms with van der Waals surface area (Å²) in [4.78, 5) is 26.7. The Morgan fingerprint density at radius 3 is 2.73 bits per heavy atom. The van der Waals surface area contributed by atoms with E-state index in [2.05, 4.69) is 27.5 Å². The molecule has 0 saturated heterocycles. The van der Waals surface area contributed by atoms with Crippen molar-refractivity contribution in [2.45, 2.75) is 39.2 Å². The molecule has 0 bridgehead atoms. The number of hydrogen-bond donors (Lipinski definition) is 0. The van der Waals surface area contributed by atoms with E-state index in [0.717, 1.165) is 52.9 Å². The molecule has 0 amide bonds. The number of nitrogens with zero attached hydrogens (tertiary/aromatic N) is 4. The maximum Gasteiger partial charge on any atom is 0.165 e. The number of fused-ring (bicyclic) bond motifs is 2. The Kier molecular flexibility index (Phi) is 5.98. The molecule has 3 heterocycles. The Bertz CT molecular complexity index is 1320. The van der Waals surface area contributed by atoms with Gasteiger partial charge in [-0.05, 0) is 61.2 Å². The fourth-order valence-corrected chi connectivity index (χ4v) is 4.21. The Labute approximate surface area is 193 Å². The predicted molar refractivity (Wildman–Crippen MR) is 130 cm³/mol. The Hall–Kier alpha value is -3.80. The number of ether oxygens (including phenoxy) is 1. The van der Waals surface area contributed by atoms with E-state index in [1.54, 1.807) is 12.4 Å². The van der Waals surface area contributed by atoms with Crippen LogP contribution in [-0.4, -0.2) is 32.6 Å². The van der Waals surface area contributed by atoms with Crippen LogP contribution < -0.4 is 4.74 Å². The fraction of sp³-hybridized carbons (Fsp3) is 0.259. The third kappa shape index (κ3) is 4.42. The lowest BCUT2D eigenvalue weighted by Crippen LogP contribution is -2.10. The van der Waals surface area contributed by atoms with Gasteiger partial charge in [-0.15, -0.1) is 0 Å². The highest BCUT2D eigenvalue weighted by Gasteiger charge is 2.20. The molecule has 1 aliphatic heterocycles. The first-order valence-electron chi connectivity index (χ1n) is 11.4. The molecule has 0 fully saturated rings. The van der Waals surface area contributed by atoms with Crippen LogP contribution in [0.1, 0.15) is 54.1 Å². The highest BCUT2D eigenvalue weighted by Crippen LogP contribution is 2.32. The molecule has 6 heteroatoms. The van der Waals surface area contributed by atoms with Gasteiger partial charge in [-0.25, -0.2) is 4.98 Å². The van der Waals surface area contributed by atoms with Crippen molar-refractivity contribution >= 4 is 28.2 Å². The highest BCUT2D eigenvalue weighted by atomic mass is 16.5. The average molecular weight is 439 g/mol. The summed E-state index contributed by atoms with van der Waals surface area (Å²) in [6.07, 6.45) is 8.31. The molecule has 2 aromatic carbocycles. The van der Waals surface area contributed by atoms with Gasteiger partial charge in [-0.2, -0.15) is 0 Å². The van der Waals surface area contributed by atoms with E-state index < -0.39 is 0 Å². The molecular weight excluding hydrogens is 412 g/mol. The van der Waals surface area contributed by atoms with Gasteiger partial charge in [-0.3, -0.25) is 14.8 Å². The third-order valence-corrected chi connectivity index (χ3v) is 5.87. The third-order valence-electron chi connectivity index (χ3n) is 5.87. The molecule has 4 aromatic rings. The van der Waals surface area contributed by atoms with Crippen LogP contribution in [0.5, 0.6) is 5.75 Å². The summed E-state index contributed by atoms with van der Waals surface area (Å²) in [6.45, 7) is 3.43. The van der Waals surface area contributed by atoms with Crippen molar-refractivity contribution < 1.29 is 9.53 Å². The van der Waals surface area contributed by atoms with Crippen LogP contribution in [0.3, 0.4) is 0 Å². The van der Waals surface area contributed by atoms with Gasteiger partial charge in [0.15, 0.2) is 5.78 Å². The van der Waals surface area contributed by atoms with Crippen molar-refractivity contribution in [1.29, 1.82) is 0 Å². The van der Waals surface area contributed by atoms with Gasteiger partial charge < -0.3 is 9.30 Å². The Morgan fingerprint density at radius 2 is 1.88 bits per heavy atom. The predicted octanol–water partition coefficient (Wildman–Crippen LogP) is 5.76. The second-order valence-electron chi connectivity index (χ2n) is 8.27. The zero-order chi connectivity index (χ0) is 22.6. The molecule has 166 valence electrons. The zero-order valence-electron chi connectivity index (χ0n) is 18.7. The second-order valence-corrected chi connectivity index (χ2v) is 8.27. The minimum atomic E-state index is 0.127. The molecule has 6 nitrogen and oxygen atoms in total. The van der Waals surface area contributed by atoms with Gasteiger partial charge in [0.05, 0.1) is 35.4 Å². The molecule has 0 spiro atoms. The van der Waals surface area contributed by atoms with Crippen LogP contribution in [-0.2, 0) is 6.54 Å². The number of benzene rings is 2. The monoisotopic (exact) mass is 438 g/mol. The molecule has 0 aliphatic carbocycles. The maximum atomic E-state index is 13.0. The molecule has 33 heavy (non-hydrogen) atoms. The molecule has 0 unspecified atom stereocenters. The summed E-state index contributed by atoms with van der Waals surface area (Å²) in [5.41, 5.74) is 6.18. The number of aromatic nitrogens is 3. The van der Waals surface area contributed by atoms with Gasteiger partial charge in [0.2, 0.25) is 0 Å². The van der Waals surface area contributed by atoms with Gasteiger partial charge in [0.25, 0.3) is 0 Å². The standard InChI is InChI=1S/C27H26N4O2/c1-2-14-33-27-9-4-3-6-20(27)22-7-5-8-26(32)21-15-25-24(16-23(21)30-22)29-18-31(25)17-19-10-12-28-13-11-19/h3-4,6,9-13,15-16,18H,2,5,7-8,14,17H2,1H3. The summed E-state index contributed by atoms with van der Waals surface area (Å²) in [5.74, 6) is 0.969. The minimum absolute atomic E-state index is 0.127. The fourth-order valence-electron chi connectivity index (χ4n) is 4.21. The van der Waals surface area contributed by atoms with Crippen molar-refractivity contribution in [3.05, 3.63) is 83.9 Å². The van der Waals surface area contributed by atoms with Crippen LogP contribution in [0.2, 0.25) is 0 Å². The van der Waals surface area contributed by atoms with Crippen molar-refractivity contribution in [2.75, 3.05) is 6.61 Å². The molecule has 0 N–H and O–H groups in total. The lowest BCUT2D eigenvalue weighted by Gasteiger charge is -2.16. The smallest absolute Gasteiger partial charge is 0.165 e. The minimum Gasteiger partial charge on any atom is -0.493 e. The van der Waals surface area contributed by atoms with Gasteiger partial charge >= 0.3 is 0 Å². The topological polar surface area (TPSA) is 69.4 Å². The van der Waals surface area contributed by atoms with Crippen molar-refractivity contribution in [2.24, 2.45) is 4.99 Å². The largest absolute Gasteiger partial charge is 0.493 e. The highest BCUT2D eigenvalue weighted by molar-refractivity contribution is 6.10. The summed E-state index contributed by atoms with van der Waals surface area (Å²) in [7, 11) is 0. The van der Waals surface area contributed by atoms with Crippen molar-refractivity contribution in [1.82, 2.24) is 14.5 Å². The lowest BCUT2D eigenvalue weighted by molar-refractivity contribution is 0.0981. The maximum absolute atomic E-state index is 13.0. The molecule has 0 radical (unpaired) electrons.